The van der Waals surface area contributed by atoms with Crippen LogP contribution in [0.4, 0.5) is 0 Å². The van der Waals surface area contributed by atoms with Gasteiger partial charge in [-0.25, -0.2) is 9.50 Å². The van der Waals surface area contributed by atoms with Crippen molar-refractivity contribution in [2.45, 2.75) is 12.3 Å². The second kappa shape index (κ2) is 5.41. The number of aromatic nitrogens is 5. The predicted molar refractivity (Wildman–Crippen MR) is 95.7 cm³/mol. The van der Waals surface area contributed by atoms with Crippen molar-refractivity contribution in [2.24, 2.45) is 5.10 Å². The van der Waals surface area contributed by atoms with E-state index >= 15 is 0 Å². The quantitative estimate of drug-likeness (QED) is 0.624. The number of aromatic amines is 1. The van der Waals surface area contributed by atoms with Gasteiger partial charge in [0.05, 0.1) is 35.2 Å². The van der Waals surface area contributed by atoms with Crippen molar-refractivity contribution >= 4 is 22.8 Å². The van der Waals surface area contributed by atoms with E-state index in [2.05, 4.69) is 38.5 Å². The molecule has 7 nitrogen and oxygen atoms in total. The van der Waals surface area contributed by atoms with Gasteiger partial charge in [0.2, 0.25) is 0 Å². The van der Waals surface area contributed by atoms with Crippen molar-refractivity contribution in [1.29, 1.82) is 0 Å². The Hall–Kier alpha value is -3.22. The summed E-state index contributed by atoms with van der Waals surface area (Å²) >= 11 is 0. The first kappa shape index (κ1) is 14.2. The van der Waals surface area contributed by atoms with Gasteiger partial charge in [-0.3, -0.25) is 10.1 Å². The lowest BCUT2D eigenvalue weighted by Crippen LogP contribution is -2.14. The lowest BCUT2D eigenvalue weighted by molar-refractivity contribution is 0.379. The van der Waals surface area contributed by atoms with Crippen LogP contribution >= 0.6 is 0 Å². The monoisotopic (exact) mass is 331 g/mol. The van der Waals surface area contributed by atoms with Crippen molar-refractivity contribution in [1.82, 2.24) is 29.8 Å². The van der Waals surface area contributed by atoms with Crippen LogP contribution in [-0.2, 0) is 6.42 Å². The second-order valence-electron chi connectivity index (χ2n) is 6.46. The summed E-state index contributed by atoms with van der Waals surface area (Å²) in [6.07, 6.45) is 6.48. The molecule has 0 amide bonds. The van der Waals surface area contributed by atoms with Gasteiger partial charge in [-0.2, -0.15) is 15.3 Å². The largest absolute Gasteiger partial charge is 0.299 e. The van der Waals surface area contributed by atoms with E-state index in [1.165, 1.54) is 5.56 Å². The normalized spacial score (nSPS) is 17.2. The van der Waals surface area contributed by atoms with E-state index in [-0.39, 0.29) is 5.92 Å². The van der Waals surface area contributed by atoms with Gasteiger partial charge in [-0.1, -0.05) is 6.07 Å². The Balaban J connectivity index is 1.51. The van der Waals surface area contributed by atoms with Gasteiger partial charge in [0.1, 0.15) is 0 Å². The number of fused-ring (bicyclic) bond motifs is 2. The predicted octanol–water partition coefficient (Wildman–Crippen LogP) is 2.21. The maximum absolute atomic E-state index is 4.82. The van der Waals surface area contributed by atoms with Crippen LogP contribution in [0.2, 0.25) is 0 Å². The maximum atomic E-state index is 4.82. The summed E-state index contributed by atoms with van der Waals surface area (Å²) < 4.78 is 1.95. The van der Waals surface area contributed by atoms with Crippen LogP contribution in [0.1, 0.15) is 22.9 Å². The van der Waals surface area contributed by atoms with Gasteiger partial charge in [0.25, 0.3) is 0 Å². The smallest absolute Gasteiger partial charge is 0.153 e. The average molecular weight is 331 g/mol. The van der Waals surface area contributed by atoms with Crippen molar-refractivity contribution in [3.8, 4) is 0 Å². The second-order valence-corrected chi connectivity index (χ2v) is 6.46. The lowest BCUT2D eigenvalue weighted by Gasteiger charge is -2.10. The van der Waals surface area contributed by atoms with E-state index in [4.69, 9.17) is 5.10 Å². The minimum absolute atomic E-state index is 0.229. The molecule has 1 aromatic carbocycles. The number of benzene rings is 1. The fourth-order valence-electron chi connectivity index (χ4n) is 3.31. The van der Waals surface area contributed by atoms with E-state index in [1.807, 2.05) is 47.3 Å². The minimum Gasteiger partial charge on any atom is -0.299 e. The van der Waals surface area contributed by atoms with Crippen LogP contribution in [0.15, 0.2) is 47.8 Å². The van der Waals surface area contributed by atoms with Gasteiger partial charge >= 0.3 is 0 Å². The first-order chi connectivity index (χ1) is 12.3. The molecule has 0 bridgehead atoms. The molecule has 124 valence electrons. The molecule has 25 heavy (non-hydrogen) atoms. The highest BCUT2D eigenvalue weighted by Gasteiger charge is 2.19. The van der Waals surface area contributed by atoms with E-state index in [1.54, 1.807) is 0 Å². The van der Waals surface area contributed by atoms with Crippen LogP contribution in [0, 0.1) is 0 Å². The molecule has 0 aliphatic carbocycles. The fraction of sp³-hybridized carbons (Fsp3) is 0.222. The highest BCUT2D eigenvalue weighted by molar-refractivity contribution is 5.78. The zero-order valence-electron chi connectivity index (χ0n) is 13.8. The van der Waals surface area contributed by atoms with Crippen LogP contribution in [0.25, 0.3) is 16.6 Å². The van der Waals surface area contributed by atoms with Crippen LogP contribution < -0.4 is 0 Å². The van der Waals surface area contributed by atoms with E-state index < -0.39 is 0 Å². The summed E-state index contributed by atoms with van der Waals surface area (Å²) in [5.41, 5.74) is 5.22. The third-order valence-corrected chi connectivity index (χ3v) is 4.63. The average Bonchev–Trinajstić information content (AvgIpc) is 3.34. The summed E-state index contributed by atoms with van der Waals surface area (Å²) in [4.78, 5) is 4.49. The number of hydrogen-bond donors (Lipinski definition) is 1. The highest BCUT2D eigenvalue weighted by Crippen LogP contribution is 2.20. The van der Waals surface area contributed by atoms with Gasteiger partial charge < -0.3 is 0 Å². The van der Waals surface area contributed by atoms with E-state index in [9.17, 15) is 0 Å². The Bertz CT molecular complexity index is 1090. The first-order valence-electron chi connectivity index (χ1n) is 8.27. The number of likely N-dealkylation sites (N-methyl/N-ethyl adjacent to an activating group) is 1. The van der Waals surface area contributed by atoms with Crippen molar-refractivity contribution < 1.29 is 0 Å². The van der Waals surface area contributed by atoms with Gasteiger partial charge in [0, 0.05) is 31.6 Å². The molecule has 4 aromatic rings. The van der Waals surface area contributed by atoms with Crippen molar-refractivity contribution in [2.75, 3.05) is 13.6 Å². The molecule has 1 unspecified atom stereocenters. The number of hydrogen-bond acceptors (Lipinski definition) is 5. The Labute approximate surface area is 144 Å². The standard InChI is InChI=1S/C18H17N7/c1-24-11-14(9-21-24)17-4-5-18-19-10-15(25(18)23-17)7-12-2-3-16-13(6-12)8-20-22-16/h2-6,8-10,14H,7,11H2,1H3,(H,20,22). The molecule has 7 heteroatoms. The van der Waals surface area contributed by atoms with E-state index in [0.717, 1.165) is 40.9 Å². The minimum atomic E-state index is 0.229. The Kier molecular flexibility index (Phi) is 3.06. The number of rotatable bonds is 3. The summed E-state index contributed by atoms with van der Waals surface area (Å²) in [6, 6.07) is 10.4. The molecular formula is C18H17N7. The molecular weight excluding hydrogens is 314 g/mol. The molecule has 0 radical (unpaired) electrons. The number of H-pyrrole nitrogens is 1. The lowest BCUT2D eigenvalue weighted by atomic mass is 10.1. The molecule has 5 rings (SSSR count). The summed E-state index contributed by atoms with van der Waals surface area (Å²) in [7, 11) is 1.98. The number of nitrogens with one attached hydrogen (secondary N) is 1. The van der Waals surface area contributed by atoms with Gasteiger partial charge in [-0.05, 0) is 29.8 Å². The summed E-state index contributed by atoms with van der Waals surface area (Å²) in [5, 5.41) is 19.2. The SMILES string of the molecule is CN1CC(c2ccc3ncc(Cc4ccc5[nH]ncc5c4)n3n2)C=N1. The Morgan fingerprint density at radius 2 is 2.16 bits per heavy atom. The molecule has 1 aliphatic rings. The third kappa shape index (κ3) is 2.44. The number of imidazole rings is 1. The van der Waals surface area contributed by atoms with Gasteiger partial charge in [-0.15, -0.1) is 0 Å². The molecule has 1 aliphatic heterocycles. The van der Waals surface area contributed by atoms with Crippen LogP contribution in [-0.4, -0.2) is 49.6 Å². The molecule has 1 N–H and O–H groups in total. The summed E-state index contributed by atoms with van der Waals surface area (Å²) in [6.45, 7) is 0.861. The van der Waals surface area contributed by atoms with Crippen molar-refractivity contribution in [3.63, 3.8) is 0 Å². The number of hydrazone groups is 1. The Morgan fingerprint density at radius 1 is 1.20 bits per heavy atom. The van der Waals surface area contributed by atoms with Gasteiger partial charge in [0.15, 0.2) is 5.65 Å². The highest BCUT2D eigenvalue weighted by atomic mass is 15.4. The van der Waals surface area contributed by atoms with E-state index in [0.29, 0.717) is 0 Å². The molecule has 0 saturated heterocycles. The molecule has 0 spiro atoms. The fourth-order valence-corrected chi connectivity index (χ4v) is 3.31. The Morgan fingerprint density at radius 3 is 3.04 bits per heavy atom. The summed E-state index contributed by atoms with van der Waals surface area (Å²) in [5.74, 6) is 0.229. The molecule has 4 heterocycles. The van der Waals surface area contributed by atoms with Crippen molar-refractivity contribution in [3.05, 3.63) is 59.7 Å². The van der Waals surface area contributed by atoms with Crippen LogP contribution in [0.3, 0.4) is 0 Å². The zero-order chi connectivity index (χ0) is 16.8. The van der Waals surface area contributed by atoms with Crippen LogP contribution in [0.5, 0.6) is 0 Å². The molecule has 1 atom stereocenters. The first-order valence-corrected chi connectivity index (χ1v) is 8.27. The maximum Gasteiger partial charge on any atom is 0.153 e. The third-order valence-electron chi connectivity index (χ3n) is 4.63. The molecule has 0 fully saturated rings. The topological polar surface area (TPSA) is 74.5 Å². The molecule has 3 aromatic heterocycles. The molecule has 0 saturated carbocycles. The number of nitrogens with zero attached hydrogens (tertiary/aromatic N) is 6. The zero-order valence-corrected chi connectivity index (χ0v) is 13.8.